The van der Waals surface area contributed by atoms with Crippen molar-refractivity contribution in [2.75, 3.05) is 7.11 Å². The molecule has 0 amide bonds. The van der Waals surface area contributed by atoms with Crippen molar-refractivity contribution < 1.29 is 9.72 Å². The van der Waals surface area contributed by atoms with Gasteiger partial charge >= 0.3 is 0 Å². The number of aromatic amines is 1. The molecule has 0 saturated heterocycles. The van der Waals surface area contributed by atoms with Gasteiger partial charge in [0.15, 0.2) is 0 Å². The molecular formula is C25H35N2OS+. The van der Waals surface area contributed by atoms with E-state index < -0.39 is 0 Å². The summed E-state index contributed by atoms with van der Waals surface area (Å²) >= 11 is 1.65. The Balaban J connectivity index is 0.000000989. The summed E-state index contributed by atoms with van der Waals surface area (Å²) in [6.45, 7) is 14.1. The van der Waals surface area contributed by atoms with Crippen molar-refractivity contribution in [2.45, 2.75) is 53.4 Å². The average Bonchev–Trinajstić information content (AvgIpc) is 2.76. The molecule has 156 valence electrons. The van der Waals surface area contributed by atoms with Crippen LogP contribution in [0.5, 0.6) is 0 Å². The molecule has 0 bridgehead atoms. The smallest absolute Gasteiger partial charge is 0.232 e. The molecule has 0 aliphatic rings. The van der Waals surface area contributed by atoms with E-state index in [9.17, 15) is 0 Å². The molecule has 4 heteroatoms. The van der Waals surface area contributed by atoms with Crippen LogP contribution in [0.4, 0.5) is 0 Å². The van der Waals surface area contributed by atoms with Gasteiger partial charge in [-0.25, -0.2) is 9.97 Å². The molecule has 0 unspecified atom stereocenters. The first-order valence-electron chi connectivity index (χ1n) is 10.3. The van der Waals surface area contributed by atoms with Crippen LogP contribution in [0.2, 0.25) is 0 Å². The lowest BCUT2D eigenvalue weighted by atomic mass is 10.1. The minimum atomic E-state index is -0.222. The molecule has 0 atom stereocenters. The minimum absolute atomic E-state index is 0.222. The maximum absolute atomic E-state index is 5.41. The second-order valence-corrected chi connectivity index (χ2v) is 7.86. The summed E-state index contributed by atoms with van der Waals surface area (Å²) < 4.78 is 5.41. The van der Waals surface area contributed by atoms with Crippen LogP contribution in [0.15, 0.2) is 53.9 Å². The van der Waals surface area contributed by atoms with E-state index in [2.05, 4.69) is 46.8 Å². The Labute approximate surface area is 180 Å². The molecule has 0 radical (unpaired) electrons. The average molecular weight is 412 g/mol. The number of hydrogen-bond donors (Lipinski definition) is 0. The molecule has 29 heavy (non-hydrogen) atoms. The van der Waals surface area contributed by atoms with Crippen molar-refractivity contribution in [2.24, 2.45) is 0 Å². The first-order valence-corrected chi connectivity index (χ1v) is 11.1. The highest BCUT2D eigenvalue weighted by molar-refractivity contribution is 8.03. The van der Waals surface area contributed by atoms with Crippen LogP contribution in [0.1, 0.15) is 52.8 Å². The standard InChI is InChI=1S/C21H22N2OS.2C2H6/c1-15-20(17-8-6-5-7-9-17)23-18-11-10-16(14-19(18)22-15)12-13-25-21(2,3)24-4;2*1-2/h5-14H,1-4H3;2*1-2H3/p+1/b13-12+;;. The summed E-state index contributed by atoms with van der Waals surface area (Å²) in [6.07, 6.45) is 2.09. The van der Waals surface area contributed by atoms with Gasteiger partial charge in [-0.1, -0.05) is 57.7 Å². The summed E-state index contributed by atoms with van der Waals surface area (Å²) in [5.74, 6) is 0. The Bertz CT molecular complexity index is 905. The number of methoxy groups -OCH3 is 1. The fourth-order valence-electron chi connectivity index (χ4n) is 2.52. The predicted molar refractivity (Wildman–Crippen MR) is 129 cm³/mol. The zero-order valence-electron chi connectivity index (χ0n) is 19.0. The Morgan fingerprint density at radius 1 is 1.00 bits per heavy atom. The molecule has 2 aromatic carbocycles. The maximum Gasteiger partial charge on any atom is 0.232 e. The van der Waals surface area contributed by atoms with Crippen molar-refractivity contribution >= 4 is 28.9 Å². The van der Waals surface area contributed by atoms with Crippen LogP contribution in [0, 0.1) is 6.92 Å². The third-order valence-electron chi connectivity index (χ3n) is 4.10. The molecular weight excluding hydrogens is 376 g/mol. The van der Waals surface area contributed by atoms with E-state index in [4.69, 9.17) is 9.72 Å². The molecule has 0 spiro atoms. The fraction of sp³-hybridized carbons (Fsp3) is 0.360. The van der Waals surface area contributed by atoms with Gasteiger partial charge in [-0.05, 0) is 62.1 Å². The Morgan fingerprint density at radius 2 is 1.66 bits per heavy atom. The van der Waals surface area contributed by atoms with Crippen molar-refractivity contribution in [1.29, 1.82) is 0 Å². The number of H-pyrrole nitrogens is 1. The molecule has 1 heterocycles. The molecule has 3 rings (SSSR count). The van der Waals surface area contributed by atoms with Gasteiger partial charge in [0.2, 0.25) is 11.2 Å². The summed E-state index contributed by atoms with van der Waals surface area (Å²) in [5, 5.41) is 2.07. The molecule has 0 aliphatic carbocycles. The van der Waals surface area contributed by atoms with Gasteiger partial charge in [-0.2, -0.15) is 0 Å². The van der Waals surface area contributed by atoms with Gasteiger partial charge in [0.25, 0.3) is 0 Å². The summed E-state index contributed by atoms with van der Waals surface area (Å²) in [5.41, 5.74) is 6.33. The first-order chi connectivity index (χ1) is 14.0. The van der Waals surface area contributed by atoms with E-state index >= 15 is 0 Å². The SMILES string of the molecule is CC.CC.COC(C)(C)S/C=C/c1ccc2[nH+]c(-c3ccccc3)c(C)nc2c1. The number of nitrogens with zero attached hydrogens (tertiary/aromatic N) is 1. The van der Waals surface area contributed by atoms with Gasteiger partial charge < -0.3 is 4.74 Å². The lowest BCUT2D eigenvalue weighted by Gasteiger charge is -2.19. The predicted octanol–water partition coefficient (Wildman–Crippen LogP) is 7.16. The lowest BCUT2D eigenvalue weighted by molar-refractivity contribution is -0.332. The van der Waals surface area contributed by atoms with Gasteiger partial charge in [0, 0.05) is 18.7 Å². The van der Waals surface area contributed by atoms with Gasteiger partial charge in [0.1, 0.15) is 16.1 Å². The highest BCUT2D eigenvalue weighted by atomic mass is 32.2. The quantitative estimate of drug-likeness (QED) is 0.418. The Kier molecular flexibility index (Phi) is 10.6. The van der Waals surface area contributed by atoms with E-state index in [0.29, 0.717) is 0 Å². The zero-order valence-corrected chi connectivity index (χ0v) is 19.9. The Morgan fingerprint density at radius 3 is 2.28 bits per heavy atom. The third-order valence-corrected chi connectivity index (χ3v) is 5.10. The van der Waals surface area contributed by atoms with Gasteiger partial charge in [0.05, 0.1) is 0 Å². The molecule has 1 aromatic heterocycles. The van der Waals surface area contributed by atoms with Crippen LogP contribution in [0.3, 0.4) is 0 Å². The topological polar surface area (TPSA) is 36.3 Å². The molecule has 3 aromatic rings. The second kappa shape index (κ2) is 12.4. The number of nitrogens with one attached hydrogen (secondary N) is 1. The highest BCUT2D eigenvalue weighted by Crippen LogP contribution is 2.27. The van der Waals surface area contributed by atoms with Crippen LogP contribution in [0.25, 0.3) is 28.4 Å². The highest BCUT2D eigenvalue weighted by Gasteiger charge is 2.15. The molecule has 3 nitrogen and oxygen atoms in total. The zero-order chi connectivity index (χ0) is 21.9. The number of hydrogen-bond acceptors (Lipinski definition) is 3. The van der Waals surface area contributed by atoms with E-state index in [1.54, 1.807) is 18.9 Å². The minimum Gasteiger partial charge on any atom is -0.368 e. The third kappa shape index (κ3) is 7.30. The molecule has 0 saturated carbocycles. The summed E-state index contributed by atoms with van der Waals surface area (Å²) in [6, 6.07) is 16.6. The van der Waals surface area contributed by atoms with E-state index in [-0.39, 0.29) is 4.93 Å². The van der Waals surface area contributed by atoms with Crippen molar-refractivity contribution in [3.05, 3.63) is 65.2 Å². The van der Waals surface area contributed by atoms with Crippen LogP contribution >= 0.6 is 11.8 Å². The normalized spacial score (nSPS) is 10.9. The molecule has 0 fully saturated rings. The van der Waals surface area contributed by atoms with E-state index in [0.717, 1.165) is 33.5 Å². The molecule has 0 aliphatic heterocycles. The van der Waals surface area contributed by atoms with Crippen LogP contribution in [-0.2, 0) is 4.74 Å². The number of thioether (sulfide) groups is 1. The van der Waals surface area contributed by atoms with E-state index in [1.807, 2.05) is 66.7 Å². The van der Waals surface area contributed by atoms with Crippen molar-refractivity contribution in [1.82, 2.24) is 4.98 Å². The van der Waals surface area contributed by atoms with Gasteiger partial charge in [-0.3, -0.25) is 0 Å². The number of aryl methyl sites for hydroxylation is 1. The lowest BCUT2D eigenvalue weighted by Crippen LogP contribution is -2.15. The van der Waals surface area contributed by atoms with Crippen molar-refractivity contribution in [3.8, 4) is 11.3 Å². The largest absolute Gasteiger partial charge is 0.368 e. The Hall–Kier alpha value is -2.17. The summed E-state index contributed by atoms with van der Waals surface area (Å²) in [4.78, 5) is 8.08. The number of fused-ring (bicyclic) bond motifs is 1. The second-order valence-electron chi connectivity index (χ2n) is 6.36. The molecule has 1 N–H and O–H groups in total. The van der Waals surface area contributed by atoms with Crippen LogP contribution < -0.4 is 4.98 Å². The monoisotopic (exact) mass is 411 g/mol. The first kappa shape index (κ1) is 24.9. The summed E-state index contributed by atoms with van der Waals surface area (Å²) in [7, 11) is 1.73. The van der Waals surface area contributed by atoms with E-state index in [1.165, 1.54) is 0 Å². The number of benzene rings is 2. The number of ether oxygens (including phenoxy) is 1. The van der Waals surface area contributed by atoms with Gasteiger partial charge in [-0.15, -0.1) is 0 Å². The fourth-order valence-corrected chi connectivity index (χ4v) is 3.17. The number of rotatable bonds is 5. The van der Waals surface area contributed by atoms with Crippen LogP contribution in [-0.4, -0.2) is 17.0 Å². The maximum atomic E-state index is 5.41. The van der Waals surface area contributed by atoms with Crippen molar-refractivity contribution in [3.63, 3.8) is 0 Å². The number of aromatic nitrogens is 2.